The van der Waals surface area contributed by atoms with Crippen LogP contribution in [0.1, 0.15) is 38.9 Å². The highest BCUT2D eigenvalue weighted by Gasteiger charge is 2.44. The quantitative estimate of drug-likeness (QED) is 0.367. The Hall–Kier alpha value is -3.95. The lowest BCUT2D eigenvalue weighted by Gasteiger charge is -2.30. The molecule has 0 aliphatic carbocycles. The summed E-state index contributed by atoms with van der Waals surface area (Å²) in [5.41, 5.74) is 1.43. The van der Waals surface area contributed by atoms with Crippen LogP contribution in [0.25, 0.3) is 11.0 Å². The van der Waals surface area contributed by atoms with Crippen molar-refractivity contribution >= 4 is 28.6 Å². The summed E-state index contributed by atoms with van der Waals surface area (Å²) in [7, 11) is 1.30. The summed E-state index contributed by atoms with van der Waals surface area (Å²) in [6, 6.07) is 14.5. The van der Waals surface area contributed by atoms with Gasteiger partial charge in [0.15, 0.2) is 11.5 Å². The minimum absolute atomic E-state index is 0.0405. The minimum Gasteiger partial charge on any atom is -0.503 e. The molecule has 2 aromatic carbocycles. The highest BCUT2D eigenvalue weighted by Crippen LogP contribution is 2.39. The minimum atomic E-state index is -0.829. The van der Waals surface area contributed by atoms with Gasteiger partial charge in [0.05, 0.1) is 37.5 Å². The van der Waals surface area contributed by atoms with Gasteiger partial charge in [-0.2, -0.15) is 0 Å². The highest BCUT2D eigenvalue weighted by atomic mass is 16.5. The number of hydrogen-bond donors (Lipinski definition) is 1. The molecular weight excluding hydrogens is 476 g/mol. The van der Waals surface area contributed by atoms with E-state index in [0.717, 1.165) is 25.0 Å². The summed E-state index contributed by atoms with van der Waals surface area (Å²) >= 11 is 0. The summed E-state index contributed by atoms with van der Waals surface area (Å²) in [6.07, 6.45) is 0.655. The maximum absolute atomic E-state index is 13.7. The molecule has 1 saturated heterocycles. The maximum atomic E-state index is 13.7. The smallest absolute Gasteiger partial charge is 0.337 e. The summed E-state index contributed by atoms with van der Waals surface area (Å²) < 4.78 is 15.9. The number of hydrogen-bond acceptors (Lipinski definition) is 8. The van der Waals surface area contributed by atoms with E-state index in [9.17, 15) is 19.5 Å². The molecule has 0 bridgehead atoms. The number of esters is 1. The van der Waals surface area contributed by atoms with Crippen LogP contribution in [0.3, 0.4) is 0 Å². The van der Waals surface area contributed by atoms with Gasteiger partial charge in [-0.3, -0.25) is 14.5 Å². The maximum Gasteiger partial charge on any atom is 0.337 e. The first kappa shape index (κ1) is 24.7. The third kappa shape index (κ3) is 4.87. The van der Waals surface area contributed by atoms with Gasteiger partial charge < -0.3 is 23.9 Å². The Bertz CT molecular complexity index is 1320. The fourth-order valence-electron chi connectivity index (χ4n) is 4.90. The van der Waals surface area contributed by atoms with Crippen molar-refractivity contribution in [3.63, 3.8) is 0 Å². The number of benzene rings is 2. The van der Waals surface area contributed by atoms with Crippen molar-refractivity contribution in [1.82, 2.24) is 9.80 Å². The molecule has 0 saturated carbocycles. The number of nitrogens with zero attached hydrogens (tertiary/aromatic N) is 2. The van der Waals surface area contributed by atoms with Crippen LogP contribution in [0.2, 0.25) is 0 Å². The first-order valence-electron chi connectivity index (χ1n) is 12.2. The van der Waals surface area contributed by atoms with E-state index in [1.807, 2.05) is 12.1 Å². The average Bonchev–Trinajstić information content (AvgIpc) is 3.48. The van der Waals surface area contributed by atoms with Crippen LogP contribution in [0.4, 0.5) is 0 Å². The number of ether oxygens (including phenoxy) is 2. The SMILES string of the molecule is COC(=O)c1ccc(C2C(C(=O)c3cc4ccccc4o3)=C(O)C(=O)N2CCCN2CCOCC2)cc1. The fourth-order valence-corrected chi connectivity index (χ4v) is 4.90. The van der Waals surface area contributed by atoms with Crippen LogP contribution in [0.15, 0.2) is 70.3 Å². The van der Waals surface area contributed by atoms with Crippen LogP contribution in [-0.4, -0.2) is 79.1 Å². The van der Waals surface area contributed by atoms with Gasteiger partial charge in [0, 0.05) is 31.6 Å². The van der Waals surface area contributed by atoms with Crippen LogP contribution >= 0.6 is 0 Å². The van der Waals surface area contributed by atoms with E-state index in [1.165, 1.54) is 12.0 Å². The zero-order valence-electron chi connectivity index (χ0n) is 20.5. The number of carbonyl (C=O) groups is 3. The molecule has 1 N–H and O–H groups in total. The van der Waals surface area contributed by atoms with E-state index in [4.69, 9.17) is 13.9 Å². The normalized spacial score (nSPS) is 18.6. The number of amides is 1. The van der Waals surface area contributed by atoms with Gasteiger partial charge in [0.25, 0.3) is 5.91 Å². The Balaban J connectivity index is 1.46. The number of para-hydroxylation sites is 1. The summed E-state index contributed by atoms with van der Waals surface area (Å²) in [5, 5.41) is 11.7. The lowest BCUT2D eigenvalue weighted by Crippen LogP contribution is -2.39. The molecule has 0 radical (unpaired) electrons. The number of Topliss-reactive ketones (excluding diaryl/α,β-unsaturated/α-hetero) is 1. The topological polar surface area (TPSA) is 110 Å². The second-order valence-electron chi connectivity index (χ2n) is 9.06. The standard InChI is InChI=1S/C28H28N2O7/c1-35-28(34)19-9-7-18(8-10-19)24-23(25(31)22-17-20-5-2-3-6-21(20)37-22)26(32)27(33)30(24)12-4-11-29-13-15-36-16-14-29/h2-3,5-10,17,24,32H,4,11-16H2,1H3. The van der Waals surface area contributed by atoms with Gasteiger partial charge in [0.1, 0.15) is 5.58 Å². The van der Waals surface area contributed by atoms with Gasteiger partial charge in [-0.05, 0) is 36.2 Å². The number of ketones is 1. The Kier molecular flexibility index (Phi) is 7.07. The molecule has 2 aliphatic heterocycles. The Morgan fingerprint density at radius 2 is 1.78 bits per heavy atom. The van der Waals surface area contributed by atoms with Gasteiger partial charge in [0.2, 0.25) is 5.78 Å². The van der Waals surface area contributed by atoms with Crippen LogP contribution < -0.4 is 0 Å². The summed E-state index contributed by atoms with van der Waals surface area (Å²) in [4.78, 5) is 42.6. The number of furan rings is 1. The monoisotopic (exact) mass is 504 g/mol. The van der Waals surface area contributed by atoms with Crippen LogP contribution in [-0.2, 0) is 14.3 Å². The van der Waals surface area contributed by atoms with Crippen molar-refractivity contribution in [3.05, 3.63) is 82.8 Å². The summed E-state index contributed by atoms with van der Waals surface area (Å²) in [5.74, 6) is -2.20. The van der Waals surface area contributed by atoms with Crippen molar-refractivity contribution in [3.8, 4) is 0 Å². The number of methoxy groups -OCH3 is 1. The molecule has 3 aromatic rings. The van der Waals surface area contributed by atoms with Crippen LogP contribution in [0.5, 0.6) is 0 Å². The molecule has 192 valence electrons. The zero-order chi connectivity index (χ0) is 25.9. The Morgan fingerprint density at radius 3 is 2.49 bits per heavy atom. The van der Waals surface area contributed by atoms with Crippen molar-refractivity contribution in [2.45, 2.75) is 12.5 Å². The molecule has 2 aliphatic rings. The molecule has 5 rings (SSSR count). The Morgan fingerprint density at radius 1 is 1.05 bits per heavy atom. The van der Waals surface area contributed by atoms with E-state index < -0.39 is 29.5 Å². The number of aliphatic hydroxyl groups excluding tert-OH is 1. The van der Waals surface area contributed by atoms with Gasteiger partial charge >= 0.3 is 5.97 Å². The van der Waals surface area contributed by atoms with E-state index in [2.05, 4.69) is 4.90 Å². The number of fused-ring (bicyclic) bond motifs is 1. The summed E-state index contributed by atoms with van der Waals surface area (Å²) in [6.45, 7) is 4.10. The second kappa shape index (κ2) is 10.6. The van der Waals surface area contributed by atoms with Gasteiger partial charge in [-0.1, -0.05) is 30.3 Å². The van der Waals surface area contributed by atoms with Crippen molar-refractivity contribution in [2.75, 3.05) is 46.5 Å². The molecule has 1 aromatic heterocycles. The van der Waals surface area contributed by atoms with E-state index in [1.54, 1.807) is 42.5 Å². The van der Waals surface area contributed by atoms with E-state index in [0.29, 0.717) is 42.9 Å². The zero-order valence-corrected chi connectivity index (χ0v) is 20.5. The molecule has 9 nitrogen and oxygen atoms in total. The number of aliphatic hydroxyl groups is 1. The molecule has 37 heavy (non-hydrogen) atoms. The van der Waals surface area contributed by atoms with Gasteiger partial charge in [-0.25, -0.2) is 4.79 Å². The molecule has 1 fully saturated rings. The number of morpholine rings is 1. The second-order valence-corrected chi connectivity index (χ2v) is 9.06. The first-order valence-corrected chi connectivity index (χ1v) is 12.2. The number of rotatable bonds is 8. The van der Waals surface area contributed by atoms with Crippen LogP contribution in [0, 0.1) is 0 Å². The van der Waals surface area contributed by atoms with Gasteiger partial charge in [-0.15, -0.1) is 0 Å². The molecule has 9 heteroatoms. The molecular formula is C28H28N2O7. The molecule has 1 amide bonds. The third-order valence-corrected chi connectivity index (χ3v) is 6.82. The third-order valence-electron chi connectivity index (χ3n) is 6.82. The van der Waals surface area contributed by atoms with Crippen molar-refractivity contribution < 1.29 is 33.4 Å². The lowest BCUT2D eigenvalue weighted by atomic mass is 9.94. The molecule has 3 heterocycles. The van der Waals surface area contributed by atoms with E-state index >= 15 is 0 Å². The largest absolute Gasteiger partial charge is 0.503 e. The first-order chi connectivity index (χ1) is 18.0. The molecule has 1 atom stereocenters. The lowest BCUT2D eigenvalue weighted by molar-refractivity contribution is -0.129. The van der Waals surface area contributed by atoms with Crippen molar-refractivity contribution in [1.29, 1.82) is 0 Å². The Labute approximate surface area is 213 Å². The van der Waals surface area contributed by atoms with Crippen molar-refractivity contribution in [2.24, 2.45) is 0 Å². The predicted molar refractivity (Wildman–Crippen MR) is 134 cm³/mol. The fraction of sp³-hybridized carbons (Fsp3) is 0.321. The highest BCUT2D eigenvalue weighted by molar-refractivity contribution is 6.16. The molecule has 1 unspecified atom stereocenters. The average molecular weight is 505 g/mol. The number of carbonyl (C=O) groups excluding carboxylic acids is 3. The van der Waals surface area contributed by atoms with E-state index in [-0.39, 0.29) is 11.3 Å². The predicted octanol–water partition coefficient (Wildman–Crippen LogP) is 3.52. The molecule has 0 spiro atoms.